The van der Waals surface area contributed by atoms with Crippen molar-refractivity contribution in [2.75, 3.05) is 0 Å². The van der Waals surface area contributed by atoms with Gasteiger partial charge in [-0.15, -0.1) is 0 Å². The van der Waals surface area contributed by atoms with Crippen LogP contribution in [0, 0.1) is 35.5 Å². The van der Waals surface area contributed by atoms with E-state index in [1.54, 1.807) is 0 Å². The quantitative estimate of drug-likeness (QED) is 0.510. The highest BCUT2D eigenvalue weighted by molar-refractivity contribution is 5.27. The monoisotopic (exact) mass is 336 g/mol. The van der Waals surface area contributed by atoms with E-state index < -0.39 is 0 Å². The molecule has 1 unspecified atom stereocenters. The van der Waals surface area contributed by atoms with Gasteiger partial charge < -0.3 is 0 Å². The normalized spacial score (nSPS) is 31.0. The molecule has 0 radical (unpaired) electrons. The van der Waals surface area contributed by atoms with E-state index in [9.17, 15) is 0 Å². The Morgan fingerprint density at radius 3 is 2.08 bits per heavy atom. The average molecular weight is 337 g/mol. The van der Waals surface area contributed by atoms with Crippen molar-refractivity contribution >= 4 is 0 Å². The summed E-state index contributed by atoms with van der Waals surface area (Å²) < 4.78 is 0. The fourth-order valence-electron chi connectivity index (χ4n) is 5.16. The van der Waals surface area contributed by atoms with Gasteiger partial charge in [0.2, 0.25) is 0 Å². The molecule has 2 saturated carbocycles. The summed E-state index contributed by atoms with van der Waals surface area (Å²) in [7, 11) is 0. The van der Waals surface area contributed by atoms with Gasteiger partial charge in [-0.3, -0.25) is 0 Å². The Morgan fingerprint density at radius 2 is 1.48 bits per heavy atom. The van der Waals surface area contributed by atoms with Gasteiger partial charge in [0.15, 0.2) is 0 Å². The standard InChI is InChI=1S/C25H36/c1-3-7-21-12-16-24(17-13-21)25-18-14-22(15-19-25)11-10-20(2)23-8-5-4-6-9-23/h4-6,8-9,20-22,24-25H,3,7,12-19H2,1-2H3. The fourth-order valence-corrected chi connectivity index (χ4v) is 5.16. The summed E-state index contributed by atoms with van der Waals surface area (Å²) in [6.45, 7) is 4.58. The van der Waals surface area contributed by atoms with Crippen LogP contribution in [0.3, 0.4) is 0 Å². The van der Waals surface area contributed by atoms with Crippen LogP contribution in [0.1, 0.15) is 89.5 Å². The second-order valence-corrected chi connectivity index (χ2v) is 8.60. The van der Waals surface area contributed by atoms with Gasteiger partial charge in [-0.25, -0.2) is 0 Å². The lowest BCUT2D eigenvalue weighted by Gasteiger charge is -2.37. The van der Waals surface area contributed by atoms with Crippen molar-refractivity contribution in [3.8, 4) is 11.8 Å². The summed E-state index contributed by atoms with van der Waals surface area (Å²) in [6, 6.07) is 10.7. The summed E-state index contributed by atoms with van der Waals surface area (Å²) >= 11 is 0. The maximum absolute atomic E-state index is 3.62. The summed E-state index contributed by atoms with van der Waals surface area (Å²) in [5, 5.41) is 0. The second kappa shape index (κ2) is 9.47. The SMILES string of the molecule is CCCC1CCC(C2CCC(C#CC(C)c3ccccc3)CC2)CC1. The van der Waals surface area contributed by atoms with Crippen LogP contribution in [-0.4, -0.2) is 0 Å². The molecule has 2 fully saturated rings. The Morgan fingerprint density at radius 1 is 0.880 bits per heavy atom. The first-order valence-corrected chi connectivity index (χ1v) is 10.8. The van der Waals surface area contributed by atoms with Crippen LogP contribution in [0.25, 0.3) is 0 Å². The Kier molecular flexibility index (Phi) is 7.03. The summed E-state index contributed by atoms with van der Waals surface area (Å²) in [6.07, 6.45) is 14.4. The first kappa shape index (κ1) is 18.6. The van der Waals surface area contributed by atoms with Crippen LogP contribution in [0.2, 0.25) is 0 Å². The van der Waals surface area contributed by atoms with Gasteiger partial charge in [-0.2, -0.15) is 0 Å². The van der Waals surface area contributed by atoms with E-state index in [1.165, 1.54) is 69.8 Å². The van der Waals surface area contributed by atoms with Crippen molar-refractivity contribution in [1.82, 2.24) is 0 Å². The van der Waals surface area contributed by atoms with Crippen LogP contribution in [-0.2, 0) is 0 Å². The van der Waals surface area contributed by atoms with Crippen LogP contribution in [0.5, 0.6) is 0 Å². The highest BCUT2D eigenvalue weighted by Gasteiger charge is 2.30. The maximum atomic E-state index is 3.62. The van der Waals surface area contributed by atoms with Crippen LogP contribution in [0.15, 0.2) is 30.3 Å². The molecule has 25 heavy (non-hydrogen) atoms. The maximum Gasteiger partial charge on any atom is 0.0424 e. The molecule has 1 aromatic carbocycles. The third-order valence-electron chi connectivity index (χ3n) is 6.83. The average Bonchev–Trinajstić information content (AvgIpc) is 2.68. The van der Waals surface area contributed by atoms with Crippen molar-refractivity contribution in [3.63, 3.8) is 0 Å². The molecule has 2 aliphatic rings. The van der Waals surface area contributed by atoms with Crippen LogP contribution < -0.4 is 0 Å². The van der Waals surface area contributed by atoms with Crippen molar-refractivity contribution in [2.45, 2.75) is 84.0 Å². The van der Waals surface area contributed by atoms with E-state index in [0.29, 0.717) is 11.8 Å². The van der Waals surface area contributed by atoms with E-state index >= 15 is 0 Å². The first-order valence-electron chi connectivity index (χ1n) is 10.8. The fraction of sp³-hybridized carbons (Fsp3) is 0.680. The zero-order valence-corrected chi connectivity index (χ0v) is 16.3. The zero-order chi connectivity index (χ0) is 17.5. The molecule has 0 spiro atoms. The number of hydrogen-bond donors (Lipinski definition) is 0. The minimum Gasteiger partial charge on any atom is -0.0993 e. The van der Waals surface area contributed by atoms with Gasteiger partial charge in [-0.1, -0.05) is 74.8 Å². The lowest BCUT2D eigenvalue weighted by molar-refractivity contribution is 0.154. The summed E-state index contributed by atoms with van der Waals surface area (Å²) in [5.41, 5.74) is 1.35. The third kappa shape index (κ3) is 5.37. The van der Waals surface area contributed by atoms with Gasteiger partial charge in [0.05, 0.1) is 0 Å². The Balaban J connectivity index is 1.43. The minimum atomic E-state index is 0.368. The van der Waals surface area contributed by atoms with Crippen molar-refractivity contribution in [2.24, 2.45) is 23.7 Å². The summed E-state index contributed by atoms with van der Waals surface area (Å²) in [4.78, 5) is 0. The molecule has 0 saturated heterocycles. The molecule has 2 aliphatic carbocycles. The van der Waals surface area contributed by atoms with Crippen molar-refractivity contribution in [3.05, 3.63) is 35.9 Å². The van der Waals surface area contributed by atoms with Gasteiger partial charge in [0.25, 0.3) is 0 Å². The molecule has 0 N–H and O–H groups in total. The largest absolute Gasteiger partial charge is 0.0993 e. The molecule has 0 heterocycles. The Hall–Kier alpha value is -1.22. The van der Waals surface area contributed by atoms with Gasteiger partial charge in [0.1, 0.15) is 0 Å². The molecular weight excluding hydrogens is 300 g/mol. The smallest absolute Gasteiger partial charge is 0.0424 e. The van der Waals surface area contributed by atoms with Gasteiger partial charge >= 0.3 is 0 Å². The highest BCUT2D eigenvalue weighted by Crippen LogP contribution is 2.42. The molecule has 136 valence electrons. The van der Waals surface area contributed by atoms with E-state index in [0.717, 1.165) is 17.8 Å². The molecular formula is C25H36. The Labute approximate surface area is 155 Å². The molecule has 0 heteroatoms. The lowest BCUT2D eigenvalue weighted by atomic mass is 9.69. The number of benzene rings is 1. The predicted molar refractivity (Wildman–Crippen MR) is 108 cm³/mol. The van der Waals surface area contributed by atoms with E-state index in [1.807, 2.05) is 0 Å². The van der Waals surface area contributed by atoms with Crippen LogP contribution in [0.4, 0.5) is 0 Å². The lowest BCUT2D eigenvalue weighted by Crippen LogP contribution is -2.25. The molecule has 0 aromatic heterocycles. The van der Waals surface area contributed by atoms with Crippen LogP contribution >= 0.6 is 0 Å². The third-order valence-corrected chi connectivity index (χ3v) is 6.83. The number of hydrogen-bond acceptors (Lipinski definition) is 0. The zero-order valence-electron chi connectivity index (χ0n) is 16.3. The second-order valence-electron chi connectivity index (χ2n) is 8.60. The first-order chi connectivity index (χ1) is 12.3. The summed E-state index contributed by atoms with van der Waals surface area (Å²) in [5.74, 6) is 11.3. The highest BCUT2D eigenvalue weighted by atomic mass is 14.3. The van der Waals surface area contributed by atoms with Gasteiger partial charge in [-0.05, 0) is 68.8 Å². The molecule has 0 aliphatic heterocycles. The number of rotatable bonds is 4. The van der Waals surface area contributed by atoms with E-state index in [4.69, 9.17) is 0 Å². The van der Waals surface area contributed by atoms with Gasteiger partial charge in [0, 0.05) is 11.8 Å². The van der Waals surface area contributed by atoms with Crippen molar-refractivity contribution < 1.29 is 0 Å². The van der Waals surface area contributed by atoms with Crippen molar-refractivity contribution in [1.29, 1.82) is 0 Å². The minimum absolute atomic E-state index is 0.368. The molecule has 1 aromatic rings. The Bertz CT molecular complexity index is 545. The van der Waals surface area contributed by atoms with E-state index in [2.05, 4.69) is 56.0 Å². The van der Waals surface area contributed by atoms with E-state index in [-0.39, 0.29) is 0 Å². The predicted octanol–water partition coefficient (Wildman–Crippen LogP) is 7.21. The topological polar surface area (TPSA) is 0 Å². The molecule has 1 atom stereocenters. The molecule has 0 nitrogen and oxygen atoms in total. The molecule has 0 amide bonds. The molecule has 0 bridgehead atoms. The molecule has 3 rings (SSSR count).